The molecule has 1 aromatic rings. The molecule has 6 heteroatoms. The van der Waals surface area contributed by atoms with Gasteiger partial charge in [0.1, 0.15) is 6.10 Å². The lowest BCUT2D eigenvalue weighted by molar-refractivity contribution is -0.119. The largest absolute Gasteiger partial charge is 0.442 e. The summed E-state index contributed by atoms with van der Waals surface area (Å²) in [5.74, 6) is -0.121. The van der Waals surface area contributed by atoms with Crippen LogP contribution >= 0.6 is 0 Å². The van der Waals surface area contributed by atoms with E-state index in [9.17, 15) is 9.59 Å². The summed E-state index contributed by atoms with van der Waals surface area (Å²) in [4.78, 5) is 24.9. The number of benzene rings is 1. The van der Waals surface area contributed by atoms with Gasteiger partial charge in [0.25, 0.3) is 0 Å². The van der Waals surface area contributed by atoms with Crippen LogP contribution in [0.1, 0.15) is 37.0 Å². The fraction of sp³-hybridized carbons (Fsp3) is 0.579. The van der Waals surface area contributed by atoms with Crippen molar-refractivity contribution in [2.24, 2.45) is 0 Å². The van der Waals surface area contributed by atoms with Gasteiger partial charge in [-0.25, -0.2) is 4.79 Å². The predicted molar refractivity (Wildman–Crippen MR) is 97.1 cm³/mol. The fourth-order valence-corrected chi connectivity index (χ4v) is 4.18. The lowest BCUT2D eigenvalue weighted by Crippen LogP contribution is -2.33. The summed E-state index contributed by atoms with van der Waals surface area (Å²) < 4.78 is 5.37. The summed E-state index contributed by atoms with van der Waals surface area (Å²) in [5.41, 5.74) is 4.80. The number of hydrogen-bond acceptors (Lipinski definition) is 4. The first kappa shape index (κ1) is 17.7. The first-order chi connectivity index (χ1) is 11.8. The molecule has 25 heavy (non-hydrogen) atoms. The molecule has 2 amide bonds. The molecule has 0 aromatic heterocycles. The van der Waals surface area contributed by atoms with Crippen molar-refractivity contribution < 1.29 is 14.3 Å². The summed E-state index contributed by atoms with van der Waals surface area (Å²) in [6.45, 7) is 10.8. The Kier molecular flexibility index (Phi) is 4.73. The number of rotatable bonds is 4. The zero-order chi connectivity index (χ0) is 18.2. The first-order valence-electron chi connectivity index (χ1n) is 8.85. The number of cyclic esters (lactones) is 1. The number of anilines is 1. The van der Waals surface area contributed by atoms with Crippen LogP contribution in [0.3, 0.4) is 0 Å². The SMILES string of the molecule is CC(=O)NC[C@H]1CN(c2cc(C)c(C3(C)CCNC3)c(C)c2)C(=O)O1. The van der Waals surface area contributed by atoms with Crippen molar-refractivity contribution >= 4 is 17.7 Å². The zero-order valence-electron chi connectivity index (χ0n) is 15.4. The number of ether oxygens (including phenoxy) is 1. The molecule has 2 aliphatic rings. The van der Waals surface area contributed by atoms with Gasteiger partial charge in [-0.05, 0) is 55.6 Å². The molecular formula is C19H27N3O3. The van der Waals surface area contributed by atoms with Crippen LogP contribution in [-0.2, 0) is 14.9 Å². The van der Waals surface area contributed by atoms with Crippen LogP contribution in [0.2, 0.25) is 0 Å². The highest BCUT2D eigenvalue weighted by Gasteiger charge is 2.36. The lowest BCUT2D eigenvalue weighted by Gasteiger charge is -2.29. The van der Waals surface area contributed by atoms with Crippen molar-refractivity contribution in [2.75, 3.05) is 31.1 Å². The number of amides is 2. The van der Waals surface area contributed by atoms with Crippen molar-refractivity contribution in [3.63, 3.8) is 0 Å². The van der Waals surface area contributed by atoms with Crippen LogP contribution in [0.25, 0.3) is 0 Å². The molecule has 0 spiro atoms. The second-order valence-electron chi connectivity index (χ2n) is 7.50. The molecule has 2 N–H and O–H groups in total. The Bertz CT molecular complexity index is 672. The summed E-state index contributed by atoms with van der Waals surface area (Å²) in [6, 6.07) is 4.15. The monoisotopic (exact) mass is 345 g/mol. The third-order valence-corrected chi connectivity index (χ3v) is 5.25. The zero-order valence-corrected chi connectivity index (χ0v) is 15.4. The molecule has 2 aliphatic heterocycles. The third-order valence-electron chi connectivity index (χ3n) is 5.25. The maximum absolute atomic E-state index is 12.2. The van der Waals surface area contributed by atoms with Gasteiger partial charge in [0.2, 0.25) is 5.91 Å². The minimum absolute atomic E-state index is 0.121. The van der Waals surface area contributed by atoms with Gasteiger partial charge in [-0.3, -0.25) is 9.69 Å². The van der Waals surface area contributed by atoms with E-state index in [0.717, 1.165) is 25.2 Å². The van der Waals surface area contributed by atoms with Gasteiger partial charge in [-0.15, -0.1) is 0 Å². The van der Waals surface area contributed by atoms with E-state index in [1.54, 1.807) is 4.90 Å². The van der Waals surface area contributed by atoms with E-state index in [4.69, 9.17) is 4.74 Å². The predicted octanol–water partition coefficient (Wildman–Crippen LogP) is 2.02. The number of aryl methyl sites for hydroxylation is 2. The number of carbonyl (C=O) groups excluding carboxylic acids is 2. The molecule has 0 radical (unpaired) electrons. The molecule has 1 unspecified atom stereocenters. The number of hydrogen-bond donors (Lipinski definition) is 2. The highest BCUT2D eigenvalue weighted by molar-refractivity contribution is 5.90. The first-order valence-corrected chi connectivity index (χ1v) is 8.85. The summed E-state index contributed by atoms with van der Waals surface area (Å²) >= 11 is 0. The van der Waals surface area contributed by atoms with Gasteiger partial charge in [0, 0.05) is 24.6 Å². The number of carbonyl (C=O) groups is 2. The Morgan fingerprint density at radius 3 is 2.64 bits per heavy atom. The maximum atomic E-state index is 12.2. The average molecular weight is 345 g/mol. The Morgan fingerprint density at radius 2 is 2.08 bits per heavy atom. The summed E-state index contributed by atoms with van der Waals surface area (Å²) in [5, 5.41) is 6.16. The van der Waals surface area contributed by atoms with E-state index in [1.165, 1.54) is 23.6 Å². The Hall–Kier alpha value is -2.08. The molecule has 2 saturated heterocycles. The van der Waals surface area contributed by atoms with E-state index < -0.39 is 0 Å². The van der Waals surface area contributed by atoms with E-state index >= 15 is 0 Å². The molecule has 2 heterocycles. The average Bonchev–Trinajstić information content (AvgIpc) is 3.11. The number of nitrogens with one attached hydrogen (secondary N) is 2. The van der Waals surface area contributed by atoms with Crippen LogP contribution < -0.4 is 15.5 Å². The summed E-state index contributed by atoms with van der Waals surface area (Å²) in [6.07, 6.45) is 0.461. The highest BCUT2D eigenvalue weighted by Crippen LogP contribution is 2.37. The number of nitrogens with zero attached hydrogens (tertiary/aromatic N) is 1. The van der Waals surface area contributed by atoms with Crippen molar-refractivity contribution in [3.8, 4) is 0 Å². The Morgan fingerprint density at radius 1 is 1.40 bits per heavy atom. The van der Waals surface area contributed by atoms with Gasteiger partial charge < -0.3 is 15.4 Å². The van der Waals surface area contributed by atoms with E-state index in [-0.39, 0.29) is 23.5 Å². The molecule has 3 rings (SSSR count). The maximum Gasteiger partial charge on any atom is 0.414 e. The van der Waals surface area contributed by atoms with Gasteiger partial charge in [0.15, 0.2) is 0 Å². The van der Waals surface area contributed by atoms with Crippen molar-refractivity contribution in [3.05, 3.63) is 28.8 Å². The minimum Gasteiger partial charge on any atom is -0.442 e. The van der Waals surface area contributed by atoms with Crippen LogP contribution in [0.5, 0.6) is 0 Å². The van der Waals surface area contributed by atoms with Gasteiger partial charge in [-0.2, -0.15) is 0 Å². The molecule has 0 aliphatic carbocycles. The van der Waals surface area contributed by atoms with Gasteiger partial charge in [-0.1, -0.05) is 6.92 Å². The van der Waals surface area contributed by atoms with Gasteiger partial charge >= 0.3 is 6.09 Å². The van der Waals surface area contributed by atoms with Crippen LogP contribution in [0.4, 0.5) is 10.5 Å². The molecule has 6 nitrogen and oxygen atoms in total. The molecule has 2 atom stereocenters. The van der Waals surface area contributed by atoms with Crippen LogP contribution in [0, 0.1) is 13.8 Å². The molecule has 1 aromatic carbocycles. The Labute approximate surface area is 148 Å². The van der Waals surface area contributed by atoms with Crippen LogP contribution in [-0.4, -0.2) is 44.3 Å². The minimum atomic E-state index is -0.351. The molecule has 136 valence electrons. The topological polar surface area (TPSA) is 70.7 Å². The lowest BCUT2D eigenvalue weighted by atomic mass is 9.77. The molecule has 0 bridgehead atoms. The molecule has 2 fully saturated rings. The normalized spacial score (nSPS) is 26.0. The Balaban J connectivity index is 1.82. The van der Waals surface area contributed by atoms with Crippen molar-refractivity contribution in [2.45, 2.75) is 45.6 Å². The van der Waals surface area contributed by atoms with Crippen molar-refractivity contribution in [1.29, 1.82) is 0 Å². The second-order valence-corrected chi connectivity index (χ2v) is 7.50. The summed E-state index contributed by atoms with van der Waals surface area (Å²) in [7, 11) is 0. The van der Waals surface area contributed by atoms with Crippen molar-refractivity contribution in [1.82, 2.24) is 10.6 Å². The van der Waals surface area contributed by atoms with E-state index in [2.05, 4.69) is 43.5 Å². The standard InChI is InChI=1S/C19H27N3O3/c1-12-7-15(8-13(2)17(12)19(4)5-6-20-11-19)22-10-16(25-18(22)24)9-21-14(3)23/h7-8,16,20H,5-6,9-11H2,1-4H3,(H,21,23)/t16-,19?/m0/s1. The second kappa shape index (κ2) is 6.67. The molecular weight excluding hydrogens is 318 g/mol. The molecule has 0 saturated carbocycles. The van der Waals surface area contributed by atoms with E-state index in [0.29, 0.717) is 13.1 Å². The van der Waals surface area contributed by atoms with Gasteiger partial charge in [0.05, 0.1) is 13.1 Å². The smallest absolute Gasteiger partial charge is 0.414 e. The third kappa shape index (κ3) is 3.49. The quantitative estimate of drug-likeness (QED) is 0.876. The van der Waals surface area contributed by atoms with Crippen LogP contribution in [0.15, 0.2) is 12.1 Å². The highest BCUT2D eigenvalue weighted by atomic mass is 16.6. The fourth-order valence-electron chi connectivity index (χ4n) is 4.18. The van der Waals surface area contributed by atoms with E-state index in [1.807, 2.05) is 0 Å².